The summed E-state index contributed by atoms with van der Waals surface area (Å²) < 4.78 is 0. The van der Waals surface area contributed by atoms with Crippen LogP contribution in [0.2, 0.25) is 0 Å². The van der Waals surface area contributed by atoms with Crippen molar-refractivity contribution in [2.75, 3.05) is 58.9 Å². The van der Waals surface area contributed by atoms with Gasteiger partial charge in [0.2, 0.25) is 0 Å². The molecule has 0 saturated carbocycles. The molecule has 0 N–H and O–H groups in total. The Bertz CT molecular complexity index is 303. The average molecular weight is 308 g/mol. The molecule has 3 nitrogen and oxygen atoms in total. The van der Waals surface area contributed by atoms with Crippen LogP contribution in [0.4, 0.5) is 0 Å². The summed E-state index contributed by atoms with van der Waals surface area (Å²) in [6.07, 6.45) is 7.96. The first-order chi connectivity index (χ1) is 10.7. The van der Waals surface area contributed by atoms with Crippen LogP contribution < -0.4 is 0 Å². The molecular weight excluding hydrogens is 270 g/mol. The van der Waals surface area contributed by atoms with E-state index in [2.05, 4.69) is 47.8 Å². The molecule has 0 spiro atoms. The summed E-state index contributed by atoms with van der Waals surface area (Å²) in [6, 6.07) is 0. The highest BCUT2D eigenvalue weighted by atomic mass is 15.3. The maximum absolute atomic E-state index is 3.95. The number of rotatable bonds is 9. The van der Waals surface area contributed by atoms with Crippen molar-refractivity contribution >= 4 is 0 Å². The van der Waals surface area contributed by atoms with Crippen LogP contribution in [-0.4, -0.2) is 73.6 Å². The van der Waals surface area contributed by atoms with E-state index in [1.165, 1.54) is 65.1 Å². The Morgan fingerprint density at radius 1 is 0.909 bits per heavy atom. The van der Waals surface area contributed by atoms with Crippen LogP contribution in [0, 0.1) is 5.92 Å². The summed E-state index contributed by atoms with van der Waals surface area (Å²) >= 11 is 0. The van der Waals surface area contributed by atoms with E-state index >= 15 is 0 Å². The molecule has 1 unspecified atom stereocenters. The van der Waals surface area contributed by atoms with Gasteiger partial charge in [-0.15, -0.1) is 13.2 Å². The van der Waals surface area contributed by atoms with Crippen molar-refractivity contribution in [2.45, 2.75) is 33.1 Å². The topological polar surface area (TPSA) is 9.72 Å². The molecule has 1 atom stereocenters. The molecule has 0 aromatic heterocycles. The Morgan fingerprint density at radius 3 is 2.00 bits per heavy atom. The van der Waals surface area contributed by atoms with E-state index < -0.39 is 0 Å². The van der Waals surface area contributed by atoms with Gasteiger partial charge in [-0.25, -0.2) is 0 Å². The van der Waals surface area contributed by atoms with Gasteiger partial charge in [0, 0.05) is 45.8 Å². The van der Waals surface area contributed by atoms with E-state index in [1.807, 2.05) is 6.08 Å². The second-order valence-electron chi connectivity index (χ2n) is 6.41. The molecule has 128 valence electrons. The van der Waals surface area contributed by atoms with Crippen LogP contribution in [0.3, 0.4) is 0 Å². The maximum atomic E-state index is 3.95. The minimum absolute atomic E-state index is 0.696. The van der Waals surface area contributed by atoms with E-state index in [0.717, 1.165) is 13.1 Å². The molecule has 22 heavy (non-hydrogen) atoms. The third-order valence-corrected chi connectivity index (χ3v) is 4.94. The summed E-state index contributed by atoms with van der Waals surface area (Å²) in [4.78, 5) is 7.76. The second-order valence-corrected chi connectivity index (χ2v) is 6.41. The number of hydrogen-bond donors (Lipinski definition) is 0. The number of nitrogens with zero attached hydrogens (tertiary/aromatic N) is 3. The Hall–Kier alpha value is -0.640. The van der Waals surface area contributed by atoms with Crippen LogP contribution in [0.5, 0.6) is 0 Å². The zero-order valence-electron chi connectivity index (χ0n) is 15.0. The molecule has 1 aliphatic rings. The lowest BCUT2D eigenvalue weighted by molar-refractivity contribution is 0.219. The maximum Gasteiger partial charge on any atom is 0.0161 e. The lowest BCUT2D eigenvalue weighted by atomic mass is 10.0. The van der Waals surface area contributed by atoms with E-state index in [1.54, 1.807) is 0 Å². The molecule has 3 heteroatoms. The lowest BCUT2D eigenvalue weighted by Gasteiger charge is -2.25. The van der Waals surface area contributed by atoms with Gasteiger partial charge in [-0.1, -0.05) is 26.0 Å². The molecule has 0 bridgehead atoms. The molecule has 0 aromatic rings. The van der Waals surface area contributed by atoms with Crippen molar-refractivity contribution in [3.63, 3.8) is 0 Å². The molecule has 0 radical (unpaired) electrons. The minimum Gasteiger partial charge on any atom is -0.301 e. The summed E-state index contributed by atoms with van der Waals surface area (Å²) in [5.41, 5.74) is 0. The predicted octanol–water partition coefficient (Wildman–Crippen LogP) is 3.10. The van der Waals surface area contributed by atoms with E-state index in [-0.39, 0.29) is 0 Å². The van der Waals surface area contributed by atoms with Crippen molar-refractivity contribution in [3.8, 4) is 0 Å². The first kappa shape index (κ1) is 19.4. The van der Waals surface area contributed by atoms with E-state index in [4.69, 9.17) is 0 Å². The standard InChI is InChI=1S/C19H37N3/c1-5-11-21-15-13-20(8-4)14-16-22(18-17-21)12-9-10-19(6-2)7-3/h5-6,19H,1-2,7-18H2,3-4H3. The SMILES string of the molecule is C=CCN1CCN(CC)CCN(CCCC(C=C)CC)CC1. The summed E-state index contributed by atoms with van der Waals surface area (Å²) in [6.45, 7) is 22.9. The van der Waals surface area contributed by atoms with Gasteiger partial charge < -0.3 is 9.80 Å². The molecule has 0 amide bonds. The van der Waals surface area contributed by atoms with Crippen molar-refractivity contribution < 1.29 is 0 Å². The smallest absolute Gasteiger partial charge is 0.0161 e. The molecule has 1 aliphatic heterocycles. The fraction of sp³-hybridized carbons (Fsp3) is 0.789. The molecule has 1 fully saturated rings. The summed E-state index contributed by atoms with van der Waals surface area (Å²) in [5, 5.41) is 0. The Balaban J connectivity index is 2.45. The largest absolute Gasteiger partial charge is 0.301 e. The Morgan fingerprint density at radius 2 is 1.50 bits per heavy atom. The fourth-order valence-electron chi connectivity index (χ4n) is 3.15. The minimum atomic E-state index is 0.696. The highest BCUT2D eigenvalue weighted by molar-refractivity contribution is 4.79. The third-order valence-electron chi connectivity index (χ3n) is 4.94. The Kier molecular flexibility index (Phi) is 10.5. The van der Waals surface area contributed by atoms with E-state index in [9.17, 15) is 0 Å². The predicted molar refractivity (Wildman–Crippen MR) is 98.4 cm³/mol. The fourth-order valence-corrected chi connectivity index (χ4v) is 3.15. The highest BCUT2D eigenvalue weighted by Gasteiger charge is 2.15. The molecule has 1 rings (SSSR count). The molecule has 0 aliphatic carbocycles. The normalized spacial score (nSPS) is 20.8. The second kappa shape index (κ2) is 11.9. The van der Waals surface area contributed by atoms with Gasteiger partial charge in [-0.3, -0.25) is 4.90 Å². The zero-order valence-corrected chi connectivity index (χ0v) is 15.0. The van der Waals surface area contributed by atoms with Crippen LogP contribution in [0.15, 0.2) is 25.3 Å². The van der Waals surface area contributed by atoms with Gasteiger partial charge in [0.05, 0.1) is 0 Å². The van der Waals surface area contributed by atoms with Gasteiger partial charge in [-0.05, 0) is 38.3 Å². The molecular formula is C19H37N3. The summed E-state index contributed by atoms with van der Waals surface area (Å²) in [7, 11) is 0. The third kappa shape index (κ3) is 7.57. The highest BCUT2D eigenvalue weighted by Crippen LogP contribution is 2.12. The average Bonchev–Trinajstić information content (AvgIpc) is 2.63. The van der Waals surface area contributed by atoms with Gasteiger partial charge in [0.15, 0.2) is 0 Å². The van der Waals surface area contributed by atoms with Crippen molar-refractivity contribution in [1.82, 2.24) is 14.7 Å². The number of allylic oxidation sites excluding steroid dienone is 1. The lowest BCUT2D eigenvalue weighted by Crippen LogP contribution is -2.36. The first-order valence-electron chi connectivity index (χ1n) is 9.13. The van der Waals surface area contributed by atoms with Gasteiger partial charge in [0.25, 0.3) is 0 Å². The van der Waals surface area contributed by atoms with Gasteiger partial charge >= 0.3 is 0 Å². The molecule has 1 heterocycles. The van der Waals surface area contributed by atoms with Gasteiger partial charge in [-0.2, -0.15) is 0 Å². The van der Waals surface area contributed by atoms with Gasteiger partial charge in [0.1, 0.15) is 0 Å². The number of likely N-dealkylation sites (N-methyl/N-ethyl adjacent to an activating group) is 1. The molecule has 1 saturated heterocycles. The van der Waals surface area contributed by atoms with Crippen LogP contribution in [-0.2, 0) is 0 Å². The van der Waals surface area contributed by atoms with Crippen molar-refractivity contribution in [3.05, 3.63) is 25.3 Å². The summed E-state index contributed by atoms with van der Waals surface area (Å²) in [5.74, 6) is 0.696. The van der Waals surface area contributed by atoms with Crippen molar-refractivity contribution in [2.24, 2.45) is 5.92 Å². The quantitative estimate of drug-likeness (QED) is 0.606. The zero-order chi connectivity index (χ0) is 16.2. The Labute approximate surface area is 138 Å². The van der Waals surface area contributed by atoms with Crippen LogP contribution in [0.25, 0.3) is 0 Å². The monoisotopic (exact) mass is 307 g/mol. The van der Waals surface area contributed by atoms with E-state index in [0.29, 0.717) is 5.92 Å². The molecule has 0 aromatic carbocycles. The van der Waals surface area contributed by atoms with Crippen LogP contribution >= 0.6 is 0 Å². The number of hydrogen-bond acceptors (Lipinski definition) is 3. The first-order valence-corrected chi connectivity index (χ1v) is 9.13. The van der Waals surface area contributed by atoms with Crippen LogP contribution in [0.1, 0.15) is 33.1 Å². The van der Waals surface area contributed by atoms with Crippen molar-refractivity contribution in [1.29, 1.82) is 0 Å².